The van der Waals surface area contributed by atoms with Crippen molar-refractivity contribution < 1.29 is 9.53 Å². The molecule has 0 saturated carbocycles. The van der Waals surface area contributed by atoms with E-state index in [-0.39, 0.29) is 12.0 Å². The molecule has 1 aliphatic rings. The Morgan fingerprint density at radius 2 is 2.00 bits per heavy atom. The summed E-state index contributed by atoms with van der Waals surface area (Å²) in [6.07, 6.45) is 1.64. The van der Waals surface area contributed by atoms with E-state index >= 15 is 0 Å². The Bertz CT molecular complexity index is 599. The SMILES string of the molecule is CCCC1=C(C(=O)OCC)[C@H](c2ccc(Cl)cc2)NC(=S)N1. The molecule has 0 saturated heterocycles. The second-order valence-corrected chi connectivity index (χ2v) is 5.79. The largest absolute Gasteiger partial charge is 0.463 e. The number of rotatable bonds is 5. The normalized spacial score (nSPS) is 17.8. The third kappa shape index (κ3) is 3.78. The molecule has 6 heteroatoms. The number of halogens is 1. The van der Waals surface area contributed by atoms with Gasteiger partial charge < -0.3 is 15.4 Å². The molecule has 2 rings (SSSR count). The fourth-order valence-corrected chi connectivity index (χ4v) is 2.79. The molecular formula is C16H19ClN2O2S. The zero-order chi connectivity index (χ0) is 16.1. The van der Waals surface area contributed by atoms with Crippen LogP contribution in [-0.4, -0.2) is 17.7 Å². The van der Waals surface area contributed by atoms with Crippen molar-refractivity contribution in [3.8, 4) is 0 Å². The molecular weight excluding hydrogens is 320 g/mol. The summed E-state index contributed by atoms with van der Waals surface area (Å²) >= 11 is 11.2. The molecule has 0 unspecified atom stereocenters. The first-order valence-corrected chi connectivity index (χ1v) is 8.08. The average molecular weight is 339 g/mol. The summed E-state index contributed by atoms with van der Waals surface area (Å²) in [5.41, 5.74) is 2.33. The van der Waals surface area contributed by atoms with Crippen LogP contribution in [0.25, 0.3) is 0 Å². The highest BCUT2D eigenvalue weighted by Crippen LogP contribution is 2.30. The van der Waals surface area contributed by atoms with Gasteiger partial charge in [-0.1, -0.05) is 37.1 Å². The summed E-state index contributed by atoms with van der Waals surface area (Å²) in [6.45, 7) is 4.18. The van der Waals surface area contributed by atoms with Crippen LogP contribution in [0.5, 0.6) is 0 Å². The van der Waals surface area contributed by atoms with Crippen LogP contribution in [0.3, 0.4) is 0 Å². The standard InChI is InChI=1S/C16H19ClN2O2S/c1-3-5-12-13(15(20)21-4-2)14(19-16(22)18-12)10-6-8-11(17)9-7-10/h6-9,14H,3-5H2,1-2H3,(H2,18,19,22)/t14-/m0/s1. The monoisotopic (exact) mass is 338 g/mol. The van der Waals surface area contributed by atoms with Crippen molar-refractivity contribution in [1.29, 1.82) is 0 Å². The lowest BCUT2D eigenvalue weighted by atomic mass is 9.94. The lowest BCUT2D eigenvalue weighted by Gasteiger charge is -2.31. The van der Waals surface area contributed by atoms with Crippen LogP contribution in [0.15, 0.2) is 35.5 Å². The third-order valence-corrected chi connectivity index (χ3v) is 3.82. The maximum absolute atomic E-state index is 12.4. The number of ether oxygens (including phenoxy) is 1. The number of benzene rings is 1. The van der Waals surface area contributed by atoms with Gasteiger partial charge in [0, 0.05) is 10.7 Å². The van der Waals surface area contributed by atoms with E-state index in [4.69, 9.17) is 28.6 Å². The number of carbonyl (C=O) groups is 1. The van der Waals surface area contributed by atoms with Crippen LogP contribution in [0.4, 0.5) is 0 Å². The molecule has 0 aliphatic carbocycles. The van der Waals surface area contributed by atoms with Gasteiger partial charge in [-0.05, 0) is 43.3 Å². The van der Waals surface area contributed by atoms with E-state index in [1.807, 2.05) is 12.1 Å². The zero-order valence-electron chi connectivity index (χ0n) is 12.6. The lowest BCUT2D eigenvalue weighted by molar-refractivity contribution is -0.139. The summed E-state index contributed by atoms with van der Waals surface area (Å²) in [7, 11) is 0. The molecule has 22 heavy (non-hydrogen) atoms. The highest BCUT2D eigenvalue weighted by Gasteiger charge is 2.31. The van der Waals surface area contributed by atoms with Gasteiger partial charge in [-0.2, -0.15) is 0 Å². The minimum atomic E-state index is -0.327. The van der Waals surface area contributed by atoms with Crippen LogP contribution in [0.1, 0.15) is 38.3 Å². The number of esters is 1. The number of hydrogen-bond donors (Lipinski definition) is 2. The number of nitrogens with one attached hydrogen (secondary N) is 2. The lowest BCUT2D eigenvalue weighted by Crippen LogP contribution is -2.45. The number of allylic oxidation sites excluding steroid dienone is 1. The van der Waals surface area contributed by atoms with E-state index < -0.39 is 0 Å². The maximum atomic E-state index is 12.4. The summed E-state index contributed by atoms with van der Waals surface area (Å²) in [6, 6.07) is 7.04. The Morgan fingerprint density at radius 3 is 2.59 bits per heavy atom. The van der Waals surface area contributed by atoms with Gasteiger partial charge in [-0.25, -0.2) is 4.79 Å². The molecule has 0 radical (unpaired) electrons. The molecule has 0 spiro atoms. The van der Waals surface area contributed by atoms with E-state index in [9.17, 15) is 4.79 Å². The molecule has 2 N–H and O–H groups in total. The number of thiocarbonyl (C=S) groups is 1. The minimum Gasteiger partial charge on any atom is -0.463 e. The predicted molar refractivity (Wildman–Crippen MR) is 91.6 cm³/mol. The van der Waals surface area contributed by atoms with Crippen molar-refractivity contribution in [2.75, 3.05) is 6.61 Å². The van der Waals surface area contributed by atoms with E-state index in [0.29, 0.717) is 22.3 Å². The minimum absolute atomic E-state index is 0.326. The summed E-state index contributed by atoms with van der Waals surface area (Å²) in [5.74, 6) is -0.326. The van der Waals surface area contributed by atoms with Gasteiger partial charge in [0.05, 0.1) is 18.2 Å². The Kier molecular flexibility index (Phi) is 5.80. The Morgan fingerprint density at radius 1 is 1.32 bits per heavy atom. The summed E-state index contributed by atoms with van der Waals surface area (Å²) < 4.78 is 5.22. The Hall–Kier alpha value is -1.59. The molecule has 1 aliphatic heterocycles. The van der Waals surface area contributed by atoms with E-state index in [2.05, 4.69) is 17.6 Å². The Balaban J connectivity index is 2.47. The van der Waals surface area contributed by atoms with Gasteiger partial charge in [-0.15, -0.1) is 0 Å². The summed E-state index contributed by atoms with van der Waals surface area (Å²) in [5, 5.41) is 7.40. The predicted octanol–water partition coefficient (Wildman–Crippen LogP) is 3.48. The van der Waals surface area contributed by atoms with Crippen LogP contribution in [0.2, 0.25) is 5.02 Å². The smallest absolute Gasteiger partial charge is 0.338 e. The molecule has 1 aromatic carbocycles. The van der Waals surface area contributed by atoms with Crippen LogP contribution < -0.4 is 10.6 Å². The van der Waals surface area contributed by atoms with Crippen LogP contribution in [-0.2, 0) is 9.53 Å². The van der Waals surface area contributed by atoms with Crippen molar-refractivity contribution in [3.63, 3.8) is 0 Å². The molecule has 1 atom stereocenters. The van der Waals surface area contributed by atoms with Crippen LogP contribution >= 0.6 is 23.8 Å². The van der Waals surface area contributed by atoms with Crippen molar-refractivity contribution >= 4 is 34.9 Å². The molecule has 0 fully saturated rings. The van der Waals surface area contributed by atoms with Gasteiger partial charge >= 0.3 is 5.97 Å². The third-order valence-electron chi connectivity index (χ3n) is 3.35. The first-order chi connectivity index (χ1) is 10.6. The Labute approximate surface area is 140 Å². The van der Waals surface area contributed by atoms with E-state index in [1.54, 1.807) is 19.1 Å². The fraction of sp³-hybridized carbons (Fsp3) is 0.375. The van der Waals surface area contributed by atoms with Gasteiger partial charge in [0.2, 0.25) is 0 Å². The molecule has 1 heterocycles. The van der Waals surface area contributed by atoms with Crippen LogP contribution in [0, 0.1) is 0 Å². The van der Waals surface area contributed by atoms with Gasteiger partial charge in [0.25, 0.3) is 0 Å². The summed E-state index contributed by atoms with van der Waals surface area (Å²) in [4.78, 5) is 12.4. The maximum Gasteiger partial charge on any atom is 0.338 e. The second-order valence-electron chi connectivity index (χ2n) is 4.95. The molecule has 4 nitrogen and oxygen atoms in total. The molecule has 0 bridgehead atoms. The molecule has 0 aromatic heterocycles. The quantitative estimate of drug-likeness (QED) is 0.636. The average Bonchev–Trinajstić information content (AvgIpc) is 2.48. The second kappa shape index (κ2) is 7.61. The van der Waals surface area contributed by atoms with Crippen molar-refractivity contribution in [2.24, 2.45) is 0 Å². The molecule has 1 aromatic rings. The van der Waals surface area contributed by atoms with Crippen molar-refractivity contribution in [1.82, 2.24) is 10.6 Å². The highest BCUT2D eigenvalue weighted by molar-refractivity contribution is 7.80. The van der Waals surface area contributed by atoms with Gasteiger partial charge in [0.1, 0.15) is 0 Å². The van der Waals surface area contributed by atoms with Crippen molar-refractivity contribution in [2.45, 2.75) is 32.7 Å². The number of carbonyl (C=O) groups excluding carboxylic acids is 1. The van der Waals surface area contributed by atoms with Crippen molar-refractivity contribution in [3.05, 3.63) is 46.1 Å². The zero-order valence-corrected chi connectivity index (χ0v) is 14.2. The first kappa shape index (κ1) is 16.8. The first-order valence-electron chi connectivity index (χ1n) is 7.30. The van der Waals surface area contributed by atoms with E-state index in [0.717, 1.165) is 24.1 Å². The fourth-order valence-electron chi connectivity index (χ4n) is 2.42. The highest BCUT2D eigenvalue weighted by atomic mass is 35.5. The number of hydrogen-bond acceptors (Lipinski definition) is 3. The topological polar surface area (TPSA) is 50.4 Å². The van der Waals surface area contributed by atoms with Gasteiger partial charge in [-0.3, -0.25) is 0 Å². The molecule has 0 amide bonds. The van der Waals surface area contributed by atoms with Gasteiger partial charge in [0.15, 0.2) is 5.11 Å². The molecule has 118 valence electrons. The van der Waals surface area contributed by atoms with E-state index in [1.165, 1.54) is 0 Å².